The quantitative estimate of drug-likeness (QED) is 0.407. The van der Waals surface area contributed by atoms with Crippen LogP contribution in [0.3, 0.4) is 0 Å². The highest BCUT2D eigenvalue weighted by atomic mass is 19.1. The van der Waals surface area contributed by atoms with Crippen LogP contribution in [0.4, 0.5) is 21.7 Å². The molecule has 7 rings (SSSR count). The highest BCUT2D eigenvalue weighted by molar-refractivity contribution is 6.21. The summed E-state index contributed by atoms with van der Waals surface area (Å²) in [4.78, 5) is 14.6. The molecule has 1 aromatic heterocycles. The van der Waals surface area contributed by atoms with Gasteiger partial charge in [-0.15, -0.1) is 0 Å². The SMILES string of the molecule is CC1NNc2cc(Nc3ncc4c(n3)C3=C(C(c5ccccc5F)=NC4)C4=C(CCCC4)C3)ccc21. The summed E-state index contributed by atoms with van der Waals surface area (Å²) in [5.41, 5.74) is 18.0. The van der Waals surface area contributed by atoms with E-state index in [-0.39, 0.29) is 11.9 Å². The summed E-state index contributed by atoms with van der Waals surface area (Å²) < 4.78 is 15.0. The molecule has 0 bridgehead atoms. The second kappa shape index (κ2) is 8.38. The van der Waals surface area contributed by atoms with Crippen molar-refractivity contribution >= 4 is 28.6 Å². The molecule has 7 heteroatoms. The van der Waals surface area contributed by atoms with E-state index >= 15 is 0 Å². The van der Waals surface area contributed by atoms with Crippen LogP contribution in [0, 0.1) is 5.82 Å². The Morgan fingerprint density at radius 3 is 2.86 bits per heavy atom. The first-order valence-corrected chi connectivity index (χ1v) is 12.7. The van der Waals surface area contributed by atoms with E-state index in [1.165, 1.54) is 29.2 Å². The number of hydrogen-bond donors (Lipinski definition) is 3. The molecule has 2 aliphatic carbocycles. The number of anilines is 3. The topological polar surface area (TPSA) is 74.2 Å². The van der Waals surface area contributed by atoms with Gasteiger partial charge in [-0.3, -0.25) is 4.99 Å². The summed E-state index contributed by atoms with van der Waals surface area (Å²) in [6.45, 7) is 2.56. The summed E-state index contributed by atoms with van der Waals surface area (Å²) in [7, 11) is 0. The third-order valence-corrected chi connectivity index (χ3v) is 7.70. The summed E-state index contributed by atoms with van der Waals surface area (Å²) in [6, 6.07) is 13.5. The Kier molecular flexibility index (Phi) is 4.99. The molecule has 0 spiro atoms. The Hall–Kier alpha value is -3.84. The minimum atomic E-state index is -0.235. The minimum absolute atomic E-state index is 0.235. The van der Waals surface area contributed by atoms with Crippen LogP contribution >= 0.6 is 0 Å². The van der Waals surface area contributed by atoms with Crippen molar-refractivity contribution in [1.29, 1.82) is 0 Å². The van der Waals surface area contributed by atoms with Crippen LogP contribution < -0.4 is 16.2 Å². The third kappa shape index (κ3) is 3.45. The molecule has 3 heterocycles. The number of allylic oxidation sites excluding steroid dienone is 4. The molecule has 0 amide bonds. The van der Waals surface area contributed by atoms with Gasteiger partial charge < -0.3 is 10.7 Å². The van der Waals surface area contributed by atoms with Crippen LogP contribution in [0.5, 0.6) is 0 Å². The first-order valence-electron chi connectivity index (χ1n) is 12.7. The molecule has 36 heavy (non-hydrogen) atoms. The number of hydrazine groups is 1. The average Bonchev–Trinajstić information content (AvgIpc) is 3.42. The minimum Gasteiger partial charge on any atom is -0.324 e. The largest absolute Gasteiger partial charge is 0.324 e. The lowest BCUT2D eigenvalue weighted by atomic mass is 9.87. The Morgan fingerprint density at radius 1 is 1.06 bits per heavy atom. The van der Waals surface area contributed by atoms with E-state index in [9.17, 15) is 4.39 Å². The van der Waals surface area contributed by atoms with Crippen molar-refractivity contribution in [1.82, 2.24) is 15.4 Å². The lowest BCUT2D eigenvalue weighted by Gasteiger charge is -2.18. The summed E-state index contributed by atoms with van der Waals surface area (Å²) in [5.74, 6) is 0.320. The van der Waals surface area contributed by atoms with Gasteiger partial charge in [0.2, 0.25) is 5.95 Å². The van der Waals surface area contributed by atoms with Crippen LogP contribution in [0.2, 0.25) is 0 Å². The zero-order valence-electron chi connectivity index (χ0n) is 20.2. The smallest absolute Gasteiger partial charge is 0.227 e. The van der Waals surface area contributed by atoms with Crippen LogP contribution in [-0.2, 0) is 6.54 Å². The lowest BCUT2D eigenvalue weighted by Crippen LogP contribution is -2.15. The highest BCUT2D eigenvalue weighted by Crippen LogP contribution is 2.47. The molecule has 3 N–H and O–H groups in total. The number of nitrogens with one attached hydrogen (secondary N) is 3. The predicted molar refractivity (Wildman–Crippen MR) is 141 cm³/mol. The fourth-order valence-corrected chi connectivity index (χ4v) is 5.91. The Bertz CT molecular complexity index is 1500. The van der Waals surface area contributed by atoms with Gasteiger partial charge >= 0.3 is 0 Å². The van der Waals surface area contributed by atoms with Crippen LogP contribution in [0.25, 0.3) is 5.57 Å². The lowest BCUT2D eigenvalue weighted by molar-refractivity contribution is 0.625. The second-order valence-electron chi connectivity index (χ2n) is 9.95. The van der Waals surface area contributed by atoms with Crippen molar-refractivity contribution in [2.24, 2.45) is 4.99 Å². The first-order chi connectivity index (χ1) is 17.7. The molecule has 4 aliphatic rings. The summed E-state index contributed by atoms with van der Waals surface area (Å²) in [5, 5.41) is 3.39. The van der Waals surface area contributed by atoms with Gasteiger partial charge in [0.15, 0.2) is 0 Å². The van der Waals surface area contributed by atoms with Gasteiger partial charge in [-0.2, -0.15) is 0 Å². The maximum atomic E-state index is 15.0. The monoisotopic (exact) mass is 478 g/mol. The molecule has 0 saturated carbocycles. The van der Waals surface area contributed by atoms with Gasteiger partial charge in [-0.1, -0.05) is 23.8 Å². The maximum absolute atomic E-state index is 15.0. The van der Waals surface area contributed by atoms with E-state index < -0.39 is 0 Å². The normalized spacial score (nSPS) is 20.2. The summed E-state index contributed by atoms with van der Waals surface area (Å²) in [6.07, 6.45) is 7.19. The fourth-order valence-electron chi connectivity index (χ4n) is 5.91. The van der Waals surface area contributed by atoms with Gasteiger partial charge in [0.05, 0.1) is 29.7 Å². The van der Waals surface area contributed by atoms with Crippen molar-refractivity contribution in [3.63, 3.8) is 0 Å². The van der Waals surface area contributed by atoms with Crippen molar-refractivity contribution < 1.29 is 4.39 Å². The number of hydrogen-bond acceptors (Lipinski definition) is 6. The number of benzene rings is 2. The Labute approximate surface area is 209 Å². The molecule has 0 radical (unpaired) electrons. The van der Waals surface area contributed by atoms with E-state index in [1.807, 2.05) is 18.3 Å². The van der Waals surface area contributed by atoms with Crippen molar-refractivity contribution in [2.75, 3.05) is 10.7 Å². The van der Waals surface area contributed by atoms with E-state index in [2.05, 4.69) is 46.3 Å². The predicted octanol–water partition coefficient (Wildman–Crippen LogP) is 6.38. The number of halogens is 1. The van der Waals surface area contributed by atoms with Crippen LogP contribution in [-0.4, -0.2) is 15.7 Å². The van der Waals surface area contributed by atoms with Gasteiger partial charge in [-0.05, 0) is 80.0 Å². The van der Waals surface area contributed by atoms with E-state index in [0.29, 0.717) is 18.1 Å². The molecule has 0 saturated heterocycles. The van der Waals surface area contributed by atoms with Gasteiger partial charge in [0.1, 0.15) is 5.82 Å². The molecule has 0 fully saturated rings. The van der Waals surface area contributed by atoms with Crippen molar-refractivity contribution in [2.45, 2.75) is 51.6 Å². The molecule has 2 aliphatic heterocycles. The average molecular weight is 479 g/mol. The highest BCUT2D eigenvalue weighted by Gasteiger charge is 2.34. The Morgan fingerprint density at radius 2 is 1.94 bits per heavy atom. The second-order valence-corrected chi connectivity index (χ2v) is 9.95. The number of rotatable bonds is 3. The first kappa shape index (κ1) is 21.4. The molecule has 1 unspecified atom stereocenters. The van der Waals surface area contributed by atoms with Gasteiger partial charge in [0, 0.05) is 28.6 Å². The van der Waals surface area contributed by atoms with Gasteiger partial charge in [0.25, 0.3) is 0 Å². The molecule has 2 aromatic carbocycles. The standard InChI is InChI=1S/C29H27FN6/c1-16-20-11-10-19(13-25(20)36-35-16)33-29-32-15-18-14-31-28(22-8-4-5-9-24(22)30)26-21-7-3-2-6-17(21)12-23(26)27(18)34-29/h4-5,8-11,13,15-16,35-36H,2-3,6-7,12,14H2,1H3,(H,32,33,34). The number of nitrogens with zero attached hydrogens (tertiary/aromatic N) is 3. The number of aromatic nitrogens is 2. The van der Waals surface area contributed by atoms with Crippen LogP contribution in [0.1, 0.15) is 67.5 Å². The molecular formula is C29H27FN6. The summed E-state index contributed by atoms with van der Waals surface area (Å²) >= 11 is 0. The van der Waals surface area contributed by atoms with Crippen LogP contribution in [0.15, 0.2) is 70.4 Å². The van der Waals surface area contributed by atoms with E-state index in [4.69, 9.17) is 9.98 Å². The zero-order valence-corrected chi connectivity index (χ0v) is 20.2. The third-order valence-electron chi connectivity index (χ3n) is 7.70. The molecule has 6 nitrogen and oxygen atoms in total. The molecule has 3 aromatic rings. The van der Waals surface area contributed by atoms with Crippen molar-refractivity contribution in [3.8, 4) is 0 Å². The van der Waals surface area contributed by atoms with Gasteiger partial charge in [-0.25, -0.2) is 19.8 Å². The fraction of sp³-hybridized carbons (Fsp3) is 0.276. The zero-order chi connectivity index (χ0) is 24.2. The maximum Gasteiger partial charge on any atom is 0.227 e. The Balaban J connectivity index is 1.31. The van der Waals surface area contributed by atoms with E-state index in [1.54, 1.807) is 6.07 Å². The number of aliphatic imine (C=N–C) groups is 1. The molecule has 180 valence electrons. The molecular weight excluding hydrogens is 451 g/mol. The molecule has 1 atom stereocenters. The number of fused-ring (bicyclic) bond motifs is 4. The van der Waals surface area contributed by atoms with Crippen molar-refractivity contribution in [3.05, 3.63) is 93.6 Å². The van der Waals surface area contributed by atoms with E-state index in [0.717, 1.165) is 65.2 Å².